The Morgan fingerprint density at radius 3 is 2.24 bits per heavy atom. The Bertz CT molecular complexity index is 861. The predicted octanol–water partition coefficient (Wildman–Crippen LogP) is 6.54. The number of halogens is 1. The van der Waals surface area contributed by atoms with Gasteiger partial charge < -0.3 is 9.47 Å². The van der Waals surface area contributed by atoms with Crippen molar-refractivity contribution in [2.24, 2.45) is 5.92 Å². The number of cyclic esters (lactones) is 1. The van der Waals surface area contributed by atoms with Crippen molar-refractivity contribution in [1.82, 2.24) is 4.90 Å². The normalized spacial score (nSPS) is 16.4. The highest BCUT2D eigenvalue weighted by atomic mass is 79.9. The molecular formula is C28H36BrNO4. The van der Waals surface area contributed by atoms with Gasteiger partial charge in [-0.25, -0.2) is 9.69 Å². The number of carbonyl (C=O) groups excluding carboxylic acids is 2. The molecule has 0 N–H and O–H groups in total. The van der Waals surface area contributed by atoms with E-state index in [-0.39, 0.29) is 24.5 Å². The molecule has 0 spiro atoms. The minimum Gasteiger partial charge on any atom is -0.447 e. The van der Waals surface area contributed by atoms with Crippen LogP contribution in [0.3, 0.4) is 0 Å². The fourth-order valence-electron chi connectivity index (χ4n) is 4.33. The molecule has 2 amide bonds. The smallest absolute Gasteiger partial charge is 0.416 e. The van der Waals surface area contributed by atoms with Gasteiger partial charge in [0.25, 0.3) is 0 Å². The molecule has 5 nitrogen and oxygen atoms in total. The lowest BCUT2D eigenvalue weighted by molar-refractivity contribution is -0.136. The van der Waals surface area contributed by atoms with Crippen LogP contribution >= 0.6 is 15.9 Å². The molecule has 1 fully saturated rings. The third-order valence-corrected chi connectivity index (χ3v) is 6.79. The minimum absolute atomic E-state index is 0.171. The standard InChI is InChI=1S/C28H36BrNO4/c29-18-12-4-2-1-3-11-17-25(21-33-20-24-15-9-6-10-16-24)27(31)30-26(22-34-28(30)32)19-23-13-7-5-8-14-23/h5-10,13-16,25-26H,1-4,11-12,17-22H2/t25-,26+/m1/s1. The van der Waals surface area contributed by atoms with Crippen molar-refractivity contribution < 1.29 is 19.1 Å². The Balaban J connectivity index is 1.59. The Hall–Kier alpha value is -2.18. The minimum atomic E-state index is -0.534. The molecule has 1 heterocycles. The second-order valence-corrected chi connectivity index (χ2v) is 9.72. The van der Waals surface area contributed by atoms with E-state index in [0.29, 0.717) is 26.1 Å². The van der Waals surface area contributed by atoms with Gasteiger partial charge in [0.05, 0.1) is 25.2 Å². The third-order valence-electron chi connectivity index (χ3n) is 6.23. The molecule has 0 aliphatic carbocycles. The van der Waals surface area contributed by atoms with E-state index in [0.717, 1.165) is 29.3 Å². The first-order chi connectivity index (χ1) is 16.7. The molecule has 0 aromatic heterocycles. The summed E-state index contributed by atoms with van der Waals surface area (Å²) in [6, 6.07) is 19.6. The van der Waals surface area contributed by atoms with Crippen molar-refractivity contribution in [3.63, 3.8) is 0 Å². The van der Waals surface area contributed by atoms with Crippen molar-refractivity contribution in [2.75, 3.05) is 18.5 Å². The quantitative estimate of drug-likeness (QED) is 0.194. The molecule has 0 bridgehead atoms. The lowest BCUT2D eigenvalue weighted by Crippen LogP contribution is -2.44. The maximum Gasteiger partial charge on any atom is 0.416 e. The van der Waals surface area contributed by atoms with Gasteiger partial charge in [-0.2, -0.15) is 0 Å². The molecule has 0 radical (unpaired) electrons. The van der Waals surface area contributed by atoms with Crippen molar-refractivity contribution in [3.05, 3.63) is 71.8 Å². The Labute approximate surface area is 211 Å². The van der Waals surface area contributed by atoms with Crippen LogP contribution in [0.4, 0.5) is 4.79 Å². The van der Waals surface area contributed by atoms with Crippen LogP contribution in [0.1, 0.15) is 56.1 Å². The molecule has 184 valence electrons. The van der Waals surface area contributed by atoms with Gasteiger partial charge in [-0.3, -0.25) is 4.79 Å². The highest BCUT2D eigenvalue weighted by Crippen LogP contribution is 2.23. The summed E-state index contributed by atoms with van der Waals surface area (Å²) in [5.41, 5.74) is 2.16. The highest BCUT2D eigenvalue weighted by Gasteiger charge is 2.40. The van der Waals surface area contributed by atoms with Crippen LogP contribution in [-0.2, 0) is 27.3 Å². The number of unbranched alkanes of at least 4 members (excludes halogenated alkanes) is 5. The molecule has 2 aromatic rings. The van der Waals surface area contributed by atoms with Crippen LogP contribution in [0, 0.1) is 5.92 Å². The average molecular weight is 531 g/mol. The molecule has 1 aliphatic rings. The lowest BCUT2D eigenvalue weighted by Gasteiger charge is -2.25. The number of carbonyl (C=O) groups is 2. The number of amides is 2. The van der Waals surface area contributed by atoms with Crippen LogP contribution in [0.2, 0.25) is 0 Å². The second-order valence-electron chi connectivity index (χ2n) is 8.93. The van der Waals surface area contributed by atoms with E-state index in [2.05, 4.69) is 15.9 Å². The van der Waals surface area contributed by atoms with Gasteiger partial charge in [0.1, 0.15) is 6.61 Å². The summed E-state index contributed by atoms with van der Waals surface area (Å²) in [6.45, 7) is 0.999. The fraction of sp³-hybridized carbons (Fsp3) is 0.500. The van der Waals surface area contributed by atoms with Gasteiger partial charge >= 0.3 is 6.09 Å². The van der Waals surface area contributed by atoms with Gasteiger partial charge in [0, 0.05) is 5.33 Å². The van der Waals surface area contributed by atoms with Gasteiger partial charge in [0.2, 0.25) is 5.91 Å². The zero-order chi connectivity index (χ0) is 24.0. The molecule has 3 rings (SSSR count). The topological polar surface area (TPSA) is 55.8 Å². The number of imide groups is 1. The summed E-state index contributed by atoms with van der Waals surface area (Å²) >= 11 is 3.48. The molecule has 6 heteroatoms. The Morgan fingerprint density at radius 2 is 1.56 bits per heavy atom. The first kappa shape index (κ1) is 26.4. The van der Waals surface area contributed by atoms with Crippen molar-refractivity contribution in [1.29, 1.82) is 0 Å². The van der Waals surface area contributed by atoms with E-state index in [1.54, 1.807) is 0 Å². The summed E-state index contributed by atoms with van der Waals surface area (Å²) in [5, 5.41) is 1.05. The number of benzene rings is 2. The van der Waals surface area contributed by atoms with E-state index in [1.807, 2.05) is 60.7 Å². The third kappa shape index (κ3) is 8.55. The number of nitrogens with zero attached hydrogens (tertiary/aromatic N) is 1. The second kappa shape index (κ2) is 14.9. The van der Waals surface area contributed by atoms with E-state index >= 15 is 0 Å². The lowest BCUT2D eigenvalue weighted by atomic mass is 9.98. The molecule has 34 heavy (non-hydrogen) atoms. The van der Waals surface area contributed by atoms with Crippen LogP contribution in [0.15, 0.2) is 60.7 Å². The Kier molecular flexibility index (Phi) is 11.6. The van der Waals surface area contributed by atoms with E-state index < -0.39 is 6.09 Å². The van der Waals surface area contributed by atoms with Crippen molar-refractivity contribution in [2.45, 2.75) is 64.0 Å². The van der Waals surface area contributed by atoms with E-state index in [9.17, 15) is 9.59 Å². The van der Waals surface area contributed by atoms with Crippen LogP contribution in [0.5, 0.6) is 0 Å². The molecule has 1 aliphatic heterocycles. The van der Waals surface area contributed by atoms with Crippen LogP contribution in [-0.4, -0.2) is 41.5 Å². The highest BCUT2D eigenvalue weighted by molar-refractivity contribution is 9.09. The van der Waals surface area contributed by atoms with Crippen molar-refractivity contribution >= 4 is 27.9 Å². The van der Waals surface area contributed by atoms with Crippen LogP contribution in [0.25, 0.3) is 0 Å². The summed E-state index contributed by atoms with van der Waals surface area (Å²) in [6.07, 6.45) is 7.64. The molecule has 0 unspecified atom stereocenters. The number of alkyl halides is 1. The largest absolute Gasteiger partial charge is 0.447 e. The molecular weight excluding hydrogens is 494 g/mol. The molecule has 2 atom stereocenters. The zero-order valence-electron chi connectivity index (χ0n) is 19.9. The average Bonchev–Trinajstić information content (AvgIpc) is 3.22. The number of hydrogen-bond donors (Lipinski definition) is 0. The molecule has 2 aromatic carbocycles. The zero-order valence-corrected chi connectivity index (χ0v) is 21.5. The molecule has 1 saturated heterocycles. The van der Waals surface area contributed by atoms with E-state index in [1.165, 1.54) is 30.6 Å². The number of rotatable bonds is 15. The molecule has 0 saturated carbocycles. The summed E-state index contributed by atoms with van der Waals surface area (Å²) in [4.78, 5) is 27.4. The monoisotopic (exact) mass is 529 g/mol. The maximum absolute atomic E-state index is 13.5. The number of ether oxygens (including phenoxy) is 2. The predicted molar refractivity (Wildman–Crippen MR) is 138 cm³/mol. The van der Waals surface area contributed by atoms with Gasteiger partial charge in [-0.15, -0.1) is 0 Å². The van der Waals surface area contributed by atoms with E-state index in [4.69, 9.17) is 9.47 Å². The van der Waals surface area contributed by atoms with Crippen LogP contribution < -0.4 is 0 Å². The summed E-state index contributed by atoms with van der Waals surface area (Å²) < 4.78 is 11.3. The van der Waals surface area contributed by atoms with Crippen molar-refractivity contribution in [3.8, 4) is 0 Å². The van der Waals surface area contributed by atoms with Gasteiger partial charge in [0.15, 0.2) is 0 Å². The Morgan fingerprint density at radius 1 is 0.941 bits per heavy atom. The maximum atomic E-state index is 13.5. The first-order valence-corrected chi connectivity index (χ1v) is 13.5. The van der Waals surface area contributed by atoms with Gasteiger partial charge in [-0.1, -0.05) is 109 Å². The fourth-order valence-corrected chi connectivity index (χ4v) is 4.72. The first-order valence-electron chi connectivity index (χ1n) is 12.4. The summed E-state index contributed by atoms with van der Waals surface area (Å²) in [5.74, 6) is -0.522. The number of hydrogen-bond acceptors (Lipinski definition) is 4. The summed E-state index contributed by atoms with van der Waals surface area (Å²) in [7, 11) is 0. The SMILES string of the molecule is O=C1OC[C@H](Cc2ccccc2)N1C(=O)[C@H](CCCCCCCCBr)COCc1ccccc1. The van der Waals surface area contributed by atoms with Gasteiger partial charge in [-0.05, 0) is 30.4 Å².